The lowest BCUT2D eigenvalue weighted by atomic mass is 10.0. The first-order chi connectivity index (χ1) is 9.76. The van der Waals surface area contributed by atoms with Crippen molar-refractivity contribution in [2.45, 2.75) is 18.2 Å². The minimum atomic E-state index is 0.279. The van der Waals surface area contributed by atoms with Gasteiger partial charge >= 0.3 is 0 Å². The third-order valence-electron chi connectivity index (χ3n) is 4.19. The van der Waals surface area contributed by atoms with Gasteiger partial charge < -0.3 is 4.52 Å². The molecule has 102 valence electrons. The number of allylic oxidation sites excluding steroid dienone is 2. The van der Waals surface area contributed by atoms with E-state index in [0.29, 0.717) is 23.6 Å². The van der Waals surface area contributed by atoms with Gasteiger partial charge in [-0.2, -0.15) is 4.98 Å². The van der Waals surface area contributed by atoms with Crippen molar-refractivity contribution >= 4 is 28.8 Å². The van der Waals surface area contributed by atoms with Crippen LogP contribution in [0, 0.1) is 11.8 Å². The van der Waals surface area contributed by atoms with Crippen LogP contribution in [0.2, 0.25) is 5.02 Å². The van der Waals surface area contributed by atoms with Crippen LogP contribution in [0.4, 0.5) is 0 Å². The lowest BCUT2D eigenvalue weighted by Gasteiger charge is -2.05. The van der Waals surface area contributed by atoms with Crippen LogP contribution in [0.3, 0.4) is 0 Å². The number of benzene rings is 1. The maximum Gasteiger partial charge on any atom is 0.241 e. The van der Waals surface area contributed by atoms with Crippen molar-refractivity contribution in [3.05, 3.63) is 52.6 Å². The maximum atomic E-state index is 5.92. The quantitative estimate of drug-likeness (QED) is 0.795. The SMILES string of the molecule is ClCc1nc([C@@H]2[C@H]3C=C(c4ccc(Cl)cc4)C[C@H]32)no1. The van der Waals surface area contributed by atoms with E-state index in [2.05, 4.69) is 28.3 Å². The van der Waals surface area contributed by atoms with Crippen molar-refractivity contribution in [3.63, 3.8) is 0 Å². The van der Waals surface area contributed by atoms with Gasteiger partial charge in [0.25, 0.3) is 0 Å². The summed E-state index contributed by atoms with van der Waals surface area (Å²) in [5.74, 6) is 3.16. The average Bonchev–Trinajstić information content (AvgIpc) is 2.88. The van der Waals surface area contributed by atoms with Gasteiger partial charge in [0.1, 0.15) is 5.88 Å². The number of hydrogen-bond acceptors (Lipinski definition) is 3. The van der Waals surface area contributed by atoms with Gasteiger partial charge in [-0.15, -0.1) is 11.6 Å². The van der Waals surface area contributed by atoms with Crippen LogP contribution < -0.4 is 0 Å². The highest BCUT2D eigenvalue weighted by Gasteiger charge is 2.55. The van der Waals surface area contributed by atoms with Crippen molar-refractivity contribution in [2.24, 2.45) is 11.8 Å². The van der Waals surface area contributed by atoms with Crippen LogP contribution in [0.15, 0.2) is 34.9 Å². The zero-order valence-corrected chi connectivity index (χ0v) is 12.1. The van der Waals surface area contributed by atoms with Gasteiger partial charge in [0.05, 0.1) is 0 Å². The molecule has 2 aliphatic rings. The summed E-state index contributed by atoms with van der Waals surface area (Å²) in [5, 5.41) is 4.80. The second kappa shape index (κ2) is 4.61. The van der Waals surface area contributed by atoms with Crippen LogP contribution >= 0.6 is 23.2 Å². The Balaban J connectivity index is 1.53. The molecule has 1 heterocycles. The minimum Gasteiger partial charge on any atom is -0.338 e. The summed E-state index contributed by atoms with van der Waals surface area (Å²) in [6.45, 7) is 0. The predicted molar refractivity (Wildman–Crippen MR) is 77.6 cm³/mol. The van der Waals surface area contributed by atoms with Gasteiger partial charge in [0, 0.05) is 10.9 Å². The fourth-order valence-corrected chi connectivity index (χ4v) is 3.38. The zero-order chi connectivity index (χ0) is 13.7. The smallest absolute Gasteiger partial charge is 0.241 e. The van der Waals surface area contributed by atoms with E-state index >= 15 is 0 Å². The highest BCUT2D eigenvalue weighted by molar-refractivity contribution is 6.30. The third-order valence-corrected chi connectivity index (χ3v) is 4.67. The number of hydrogen-bond donors (Lipinski definition) is 0. The number of halogens is 2. The normalized spacial score (nSPS) is 27.3. The van der Waals surface area contributed by atoms with Crippen LogP contribution in [0.25, 0.3) is 5.57 Å². The van der Waals surface area contributed by atoms with E-state index in [0.717, 1.165) is 17.3 Å². The van der Waals surface area contributed by atoms with Crippen molar-refractivity contribution in [2.75, 3.05) is 0 Å². The molecule has 1 saturated carbocycles. The van der Waals surface area contributed by atoms with E-state index in [-0.39, 0.29) is 5.88 Å². The third kappa shape index (κ3) is 1.97. The predicted octanol–water partition coefficient (Wildman–Crippen LogP) is 4.28. The Morgan fingerprint density at radius 2 is 2.05 bits per heavy atom. The Morgan fingerprint density at radius 3 is 2.65 bits per heavy atom. The Labute approximate surface area is 126 Å². The van der Waals surface area contributed by atoms with E-state index in [9.17, 15) is 0 Å². The number of alkyl halides is 1. The molecule has 1 aromatic heterocycles. The topological polar surface area (TPSA) is 38.9 Å². The molecule has 2 aliphatic carbocycles. The lowest BCUT2D eigenvalue weighted by Crippen LogP contribution is -1.92. The molecule has 0 unspecified atom stereocenters. The highest BCUT2D eigenvalue weighted by atomic mass is 35.5. The van der Waals surface area contributed by atoms with Gasteiger partial charge in [-0.3, -0.25) is 0 Å². The molecule has 1 aromatic carbocycles. The summed E-state index contributed by atoms with van der Waals surface area (Å²) in [6.07, 6.45) is 3.41. The summed E-state index contributed by atoms with van der Waals surface area (Å²) in [5.41, 5.74) is 2.66. The van der Waals surface area contributed by atoms with Crippen molar-refractivity contribution in [1.82, 2.24) is 10.1 Å². The number of nitrogens with zero attached hydrogens (tertiary/aromatic N) is 2. The molecule has 0 amide bonds. The molecule has 20 heavy (non-hydrogen) atoms. The second-order valence-electron chi connectivity index (χ2n) is 5.35. The molecule has 2 aromatic rings. The molecular formula is C15H12Cl2N2O. The number of fused-ring (bicyclic) bond motifs is 1. The standard InChI is InChI=1S/C15H12Cl2N2O/c16-7-13-18-15(19-20-13)14-11-5-9(6-12(11)14)8-1-3-10(17)4-2-8/h1-5,11-12,14H,6-7H2/t11-,12+,14+/m0/s1. The first kappa shape index (κ1) is 12.4. The van der Waals surface area contributed by atoms with E-state index < -0.39 is 0 Å². The van der Waals surface area contributed by atoms with Crippen LogP contribution in [0.5, 0.6) is 0 Å². The Morgan fingerprint density at radius 1 is 1.25 bits per heavy atom. The van der Waals surface area contributed by atoms with Crippen molar-refractivity contribution in [1.29, 1.82) is 0 Å². The van der Waals surface area contributed by atoms with Gasteiger partial charge in [0.15, 0.2) is 5.82 Å². The van der Waals surface area contributed by atoms with Crippen molar-refractivity contribution < 1.29 is 4.52 Å². The highest BCUT2D eigenvalue weighted by Crippen LogP contribution is 2.62. The first-order valence-corrected chi connectivity index (χ1v) is 7.52. The molecular weight excluding hydrogens is 295 g/mol. The molecule has 4 rings (SSSR count). The maximum absolute atomic E-state index is 5.92. The van der Waals surface area contributed by atoms with Gasteiger partial charge in [0.2, 0.25) is 5.89 Å². The lowest BCUT2D eigenvalue weighted by molar-refractivity contribution is 0.383. The number of rotatable bonds is 3. The summed E-state index contributed by atoms with van der Waals surface area (Å²) in [7, 11) is 0. The van der Waals surface area contributed by atoms with E-state index in [1.165, 1.54) is 11.1 Å². The Kier molecular flexibility index (Phi) is 2.86. The second-order valence-corrected chi connectivity index (χ2v) is 6.05. The summed E-state index contributed by atoms with van der Waals surface area (Å²) < 4.78 is 5.08. The molecule has 5 heteroatoms. The van der Waals surface area contributed by atoms with Gasteiger partial charge in [-0.25, -0.2) is 0 Å². The van der Waals surface area contributed by atoms with E-state index in [4.69, 9.17) is 27.7 Å². The van der Waals surface area contributed by atoms with Crippen molar-refractivity contribution in [3.8, 4) is 0 Å². The average molecular weight is 307 g/mol. The summed E-state index contributed by atoms with van der Waals surface area (Å²) >= 11 is 11.6. The first-order valence-electron chi connectivity index (χ1n) is 6.61. The van der Waals surface area contributed by atoms with Crippen LogP contribution in [-0.2, 0) is 5.88 Å². The molecule has 3 nitrogen and oxygen atoms in total. The molecule has 0 N–H and O–H groups in total. The van der Waals surface area contributed by atoms with Gasteiger partial charge in [-0.05, 0) is 41.5 Å². The molecule has 0 aliphatic heterocycles. The number of aromatic nitrogens is 2. The monoisotopic (exact) mass is 306 g/mol. The molecule has 0 bridgehead atoms. The largest absolute Gasteiger partial charge is 0.338 e. The van der Waals surface area contributed by atoms with E-state index in [1.807, 2.05) is 12.1 Å². The Hall–Kier alpha value is -1.32. The zero-order valence-electron chi connectivity index (χ0n) is 10.6. The van der Waals surface area contributed by atoms with E-state index in [1.54, 1.807) is 0 Å². The van der Waals surface area contributed by atoms with Gasteiger partial charge in [-0.1, -0.05) is 35.0 Å². The Bertz CT molecular complexity index is 677. The van der Waals surface area contributed by atoms with Crippen LogP contribution in [-0.4, -0.2) is 10.1 Å². The molecule has 0 spiro atoms. The van der Waals surface area contributed by atoms with Crippen LogP contribution in [0.1, 0.15) is 29.6 Å². The molecule has 0 saturated heterocycles. The fraction of sp³-hybridized carbons (Fsp3) is 0.333. The molecule has 0 radical (unpaired) electrons. The fourth-order valence-electron chi connectivity index (χ4n) is 3.14. The minimum absolute atomic E-state index is 0.279. The molecule has 3 atom stereocenters. The summed E-state index contributed by atoms with van der Waals surface area (Å²) in [4.78, 5) is 4.33. The summed E-state index contributed by atoms with van der Waals surface area (Å²) in [6, 6.07) is 8.03. The molecule has 1 fully saturated rings.